The lowest BCUT2D eigenvalue weighted by Gasteiger charge is -2.43. The SMILES string of the molecule is O=C(NCC1(c2cccc(Br)c2)CCC1)[C@@H]1C[C@@H](O)CN1. The van der Waals surface area contributed by atoms with Crippen molar-refractivity contribution >= 4 is 21.8 Å². The molecule has 1 saturated heterocycles. The van der Waals surface area contributed by atoms with Crippen LogP contribution in [0.3, 0.4) is 0 Å². The van der Waals surface area contributed by atoms with Gasteiger partial charge in [0, 0.05) is 23.0 Å². The Labute approximate surface area is 133 Å². The maximum absolute atomic E-state index is 12.2. The van der Waals surface area contributed by atoms with Crippen LogP contribution < -0.4 is 10.6 Å². The summed E-state index contributed by atoms with van der Waals surface area (Å²) in [7, 11) is 0. The third kappa shape index (κ3) is 3.15. The fraction of sp³-hybridized carbons (Fsp3) is 0.562. The number of halogens is 1. The first-order chi connectivity index (χ1) is 10.1. The summed E-state index contributed by atoms with van der Waals surface area (Å²) in [5.74, 6) is 0.00724. The second kappa shape index (κ2) is 6.07. The number of carbonyl (C=O) groups excluding carboxylic acids is 1. The van der Waals surface area contributed by atoms with Gasteiger partial charge in [-0.25, -0.2) is 0 Å². The maximum atomic E-state index is 12.2. The van der Waals surface area contributed by atoms with E-state index in [1.807, 2.05) is 6.07 Å². The Morgan fingerprint density at radius 1 is 1.48 bits per heavy atom. The minimum absolute atomic E-state index is 0.00724. The van der Waals surface area contributed by atoms with Crippen LogP contribution in [0.25, 0.3) is 0 Å². The van der Waals surface area contributed by atoms with Gasteiger partial charge in [-0.3, -0.25) is 4.79 Å². The largest absolute Gasteiger partial charge is 0.392 e. The fourth-order valence-corrected chi connectivity index (χ4v) is 3.68. The molecule has 1 aliphatic heterocycles. The van der Waals surface area contributed by atoms with E-state index in [1.54, 1.807) is 0 Å². The Hall–Kier alpha value is -0.910. The lowest BCUT2D eigenvalue weighted by Crippen LogP contribution is -2.49. The molecule has 2 fully saturated rings. The van der Waals surface area contributed by atoms with Gasteiger partial charge >= 0.3 is 0 Å². The highest BCUT2D eigenvalue weighted by atomic mass is 79.9. The van der Waals surface area contributed by atoms with Crippen molar-refractivity contribution in [2.24, 2.45) is 0 Å². The van der Waals surface area contributed by atoms with E-state index in [1.165, 1.54) is 12.0 Å². The van der Waals surface area contributed by atoms with E-state index in [-0.39, 0.29) is 17.4 Å². The number of aliphatic hydroxyl groups is 1. The molecule has 0 radical (unpaired) electrons. The van der Waals surface area contributed by atoms with Gasteiger partial charge in [-0.2, -0.15) is 0 Å². The maximum Gasteiger partial charge on any atom is 0.237 e. The van der Waals surface area contributed by atoms with Crippen LogP contribution in [0.1, 0.15) is 31.2 Å². The Morgan fingerprint density at radius 3 is 2.86 bits per heavy atom. The first-order valence-electron chi connectivity index (χ1n) is 7.54. The van der Waals surface area contributed by atoms with E-state index in [0.717, 1.165) is 17.3 Å². The third-order valence-electron chi connectivity index (χ3n) is 4.77. The van der Waals surface area contributed by atoms with Gasteiger partial charge in [0.2, 0.25) is 5.91 Å². The molecular formula is C16H21BrN2O2. The first-order valence-corrected chi connectivity index (χ1v) is 8.34. The zero-order valence-electron chi connectivity index (χ0n) is 11.9. The van der Waals surface area contributed by atoms with Gasteiger partial charge in [0.15, 0.2) is 0 Å². The number of aliphatic hydroxyl groups excluding tert-OH is 1. The number of rotatable bonds is 4. The van der Waals surface area contributed by atoms with E-state index in [9.17, 15) is 9.90 Å². The molecule has 3 N–H and O–H groups in total. The normalized spacial score (nSPS) is 27.1. The van der Waals surface area contributed by atoms with Crippen molar-refractivity contribution < 1.29 is 9.90 Å². The Morgan fingerprint density at radius 2 is 2.29 bits per heavy atom. The molecule has 1 saturated carbocycles. The second-order valence-electron chi connectivity index (χ2n) is 6.21. The summed E-state index contributed by atoms with van der Waals surface area (Å²) in [5, 5.41) is 15.6. The fourth-order valence-electron chi connectivity index (χ4n) is 3.29. The molecule has 3 rings (SSSR count). The highest BCUT2D eigenvalue weighted by molar-refractivity contribution is 9.10. The quantitative estimate of drug-likeness (QED) is 0.772. The molecule has 2 aliphatic rings. The summed E-state index contributed by atoms with van der Waals surface area (Å²) >= 11 is 3.52. The van der Waals surface area contributed by atoms with Gasteiger partial charge in [-0.1, -0.05) is 34.5 Å². The van der Waals surface area contributed by atoms with Crippen LogP contribution >= 0.6 is 15.9 Å². The Kier molecular flexibility index (Phi) is 4.33. The lowest BCUT2D eigenvalue weighted by atomic mass is 9.64. The molecular weight excluding hydrogens is 332 g/mol. The third-order valence-corrected chi connectivity index (χ3v) is 5.27. The number of nitrogens with one attached hydrogen (secondary N) is 2. The van der Waals surface area contributed by atoms with Crippen LogP contribution in [-0.2, 0) is 10.2 Å². The van der Waals surface area contributed by atoms with Gasteiger partial charge in [0.05, 0.1) is 12.1 Å². The summed E-state index contributed by atoms with van der Waals surface area (Å²) in [6.07, 6.45) is 3.55. The van der Waals surface area contributed by atoms with Gasteiger partial charge in [0.25, 0.3) is 0 Å². The van der Waals surface area contributed by atoms with E-state index < -0.39 is 6.10 Å². The molecule has 5 heteroatoms. The minimum atomic E-state index is -0.400. The molecule has 114 valence electrons. The molecule has 1 aliphatic carbocycles. The lowest BCUT2D eigenvalue weighted by molar-refractivity contribution is -0.123. The predicted octanol–water partition coefficient (Wildman–Crippen LogP) is 1.71. The number of benzene rings is 1. The molecule has 1 aromatic carbocycles. The second-order valence-corrected chi connectivity index (χ2v) is 7.13. The van der Waals surface area contributed by atoms with Crippen molar-refractivity contribution in [3.05, 3.63) is 34.3 Å². The van der Waals surface area contributed by atoms with E-state index >= 15 is 0 Å². The van der Waals surface area contributed by atoms with Crippen LogP contribution in [0, 0.1) is 0 Å². The monoisotopic (exact) mass is 352 g/mol. The molecule has 1 amide bonds. The van der Waals surface area contributed by atoms with Crippen LogP contribution in [-0.4, -0.2) is 36.2 Å². The zero-order chi connectivity index (χ0) is 14.9. The van der Waals surface area contributed by atoms with Crippen molar-refractivity contribution in [1.29, 1.82) is 0 Å². The molecule has 4 nitrogen and oxygen atoms in total. The standard InChI is InChI=1S/C16H21BrN2O2/c17-12-4-1-3-11(7-12)16(5-2-6-16)10-19-15(21)14-8-13(20)9-18-14/h1,3-4,7,13-14,18,20H,2,5-6,8-10H2,(H,19,21)/t13-,14+/m1/s1. The Bertz CT molecular complexity index is 531. The van der Waals surface area contributed by atoms with Crippen molar-refractivity contribution in [3.8, 4) is 0 Å². The highest BCUT2D eigenvalue weighted by Gasteiger charge is 2.39. The van der Waals surface area contributed by atoms with Crippen LogP contribution in [0.5, 0.6) is 0 Å². The van der Waals surface area contributed by atoms with Gasteiger partial charge < -0.3 is 15.7 Å². The highest BCUT2D eigenvalue weighted by Crippen LogP contribution is 2.43. The van der Waals surface area contributed by atoms with E-state index in [4.69, 9.17) is 0 Å². The van der Waals surface area contributed by atoms with Gasteiger partial charge in [-0.05, 0) is 37.0 Å². The molecule has 2 atom stereocenters. The molecule has 21 heavy (non-hydrogen) atoms. The zero-order valence-corrected chi connectivity index (χ0v) is 13.5. The first kappa shape index (κ1) is 15.0. The van der Waals surface area contributed by atoms with Crippen LogP contribution in [0.4, 0.5) is 0 Å². The van der Waals surface area contributed by atoms with Crippen molar-refractivity contribution in [1.82, 2.24) is 10.6 Å². The number of β-amino-alcohol motifs (C(OH)–C–C–N with tert-alkyl or cyclic N) is 1. The molecule has 1 heterocycles. The average Bonchev–Trinajstić information content (AvgIpc) is 2.84. The average molecular weight is 353 g/mol. The summed E-state index contributed by atoms with van der Waals surface area (Å²) in [5.41, 5.74) is 1.37. The summed E-state index contributed by atoms with van der Waals surface area (Å²) < 4.78 is 1.08. The summed E-state index contributed by atoms with van der Waals surface area (Å²) in [6.45, 7) is 1.19. The molecule has 0 bridgehead atoms. The van der Waals surface area contributed by atoms with Crippen LogP contribution in [0.15, 0.2) is 28.7 Å². The van der Waals surface area contributed by atoms with Crippen LogP contribution in [0.2, 0.25) is 0 Å². The van der Waals surface area contributed by atoms with Gasteiger partial charge in [-0.15, -0.1) is 0 Å². The van der Waals surface area contributed by atoms with Crippen molar-refractivity contribution in [2.75, 3.05) is 13.1 Å². The predicted molar refractivity (Wildman–Crippen MR) is 85.1 cm³/mol. The summed E-state index contributed by atoms with van der Waals surface area (Å²) in [6, 6.07) is 8.13. The molecule has 0 spiro atoms. The van der Waals surface area contributed by atoms with Crippen molar-refractivity contribution in [3.63, 3.8) is 0 Å². The molecule has 0 unspecified atom stereocenters. The topological polar surface area (TPSA) is 61.4 Å². The van der Waals surface area contributed by atoms with E-state index in [2.05, 4.69) is 44.8 Å². The number of carbonyl (C=O) groups is 1. The molecule has 0 aromatic heterocycles. The Balaban J connectivity index is 1.63. The van der Waals surface area contributed by atoms with Gasteiger partial charge in [0.1, 0.15) is 0 Å². The number of hydrogen-bond acceptors (Lipinski definition) is 3. The smallest absolute Gasteiger partial charge is 0.237 e. The van der Waals surface area contributed by atoms with E-state index in [0.29, 0.717) is 19.5 Å². The van der Waals surface area contributed by atoms with Crippen molar-refractivity contribution in [2.45, 2.75) is 43.2 Å². The molecule has 1 aromatic rings. The summed E-state index contributed by atoms with van der Waals surface area (Å²) in [4.78, 5) is 12.2. The minimum Gasteiger partial charge on any atom is -0.392 e. The number of amides is 1. The number of hydrogen-bond donors (Lipinski definition) is 3.